The molecular formula is C20H22Cl2N2O2. The van der Waals surface area contributed by atoms with Gasteiger partial charge in [0, 0.05) is 19.0 Å². The first-order chi connectivity index (χ1) is 12.5. The van der Waals surface area contributed by atoms with Gasteiger partial charge < -0.3 is 15.4 Å². The van der Waals surface area contributed by atoms with Crippen molar-refractivity contribution in [3.8, 4) is 5.75 Å². The topological polar surface area (TPSA) is 50.4 Å². The predicted octanol–water partition coefficient (Wildman–Crippen LogP) is 4.18. The van der Waals surface area contributed by atoms with Crippen molar-refractivity contribution >= 4 is 29.1 Å². The Morgan fingerprint density at radius 2 is 2.00 bits per heavy atom. The number of hydrogen-bond donors (Lipinski definition) is 2. The fourth-order valence-corrected chi connectivity index (χ4v) is 3.67. The molecule has 0 spiro atoms. The molecule has 1 aliphatic heterocycles. The fourth-order valence-electron chi connectivity index (χ4n) is 3.36. The summed E-state index contributed by atoms with van der Waals surface area (Å²) in [7, 11) is 1.63. The van der Waals surface area contributed by atoms with Gasteiger partial charge in [-0.15, -0.1) is 0 Å². The first-order valence-corrected chi connectivity index (χ1v) is 9.35. The molecule has 0 radical (unpaired) electrons. The average Bonchev–Trinajstić information content (AvgIpc) is 3.14. The second-order valence-corrected chi connectivity index (χ2v) is 7.37. The van der Waals surface area contributed by atoms with Crippen molar-refractivity contribution in [1.82, 2.24) is 10.6 Å². The largest absolute Gasteiger partial charge is 0.497 e. The van der Waals surface area contributed by atoms with Gasteiger partial charge in [0.1, 0.15) is 5.75 Å². The van der Waals surface area contributed by atoms with E-state index < -0.39 is 0 Å². The minimum Gasteiger partial charge on any atom is -0.497 e. The van der Waals surface area contributed by atoms with Crippen LogP contribution in [0.3, 0.4) is 0 Å². The Balaban J connectivity index is 1.72. The number of amides is 1. The lowest BCUT2D eigenvalue weighted by Crippen LogP contribution is -2.36. The van der Waals surface area contributed by atoms with Crippen molar-refractivity contribution in [2.75, 3.05) is 20.2 Å². The van der Waals surface area contributed by atoms with Crippen molar-refractivity contribution in [2.24, 2.45) is 5.92 Å². The van der Waals surface area contributed by atoms with E-state index in [4.69, 9.17) is 27.9 Å². The standard InChI is InChI=1S/C20H22Cl2N2O2/c1-12(13-4-3-5-15(8-13)26-2)24-20(25)17-11-23-10-16(17)14-6-7-18(21)19(22)9-14/h3-9,12,16-17,23H,10-11H2,1-2H3,(H,24,25). The van der Waals surface area contributed by atoms with Crippen molar-refractivity contribution in [3.63, 3.8) is 0 Å². The van der Waals surface area contributed by atoms with Crippen LogP contribution in [0.4, 0.5) is 0 Å². The van der Waals surface area contributed by atoms with Crippen LogP contribution in [-0.2, 0) is 4.79 Å². The minimum absolute atomic E-state index is 0.0291. The van der Waals surface area contributed by atoms with Crippen LogP contribution in [0.25, 0.3) is 0 Å². The Bertz CT molecular complexity index is 797. The van der Waals surface area contributed by atoms with Crippen LogP contribution >= 0.6 is 23.2 Å². The molecule has 2 aromatic carbocycles. The summed E-state index contributed by atoms with van der Waals surface area (Å²) in [4.78, 5) is 12.9. The van der Waals surface area contributed by atoms with Crippen LogP contribution in [0.15, 0.2) is 42.5 Å². The Morgan fingerprint density at radius 3 is 2.73 bits per heavy atom. The number of rotatable bonds is 5. The van der Waals surface area contributed by atoms with Crippen LogP contribution in [0.5, 0.6) is 5.75 Å². The molecule has 4 nitrogen and oxygen atoms in total. The number of nitrogens with one attached hydrogen (secondary N) is 2. The van der Waals surface area contributed by atoms with Crippen LogP contribution in [0.2, 0.25) is 10.0 Å². The van der Waals surface area contributed by atoms with E-state index in [0.717, 1.165) is 23.4 Å². The average molecular weight is 393 g/mol. The lowest BCUT2D eigenvalue weighted by Gasteiger charge is -2.22. The van der Waals surface area contributed by atoms with Crippen molar-refractivity contribution in [1.29, 1.82) is 0 Å². The summed E-state index contributed by atoms with van der Waals surface area (Å²) in [6.45, 7) is 3.36. The van der Waals surface area contributed by atoms with Gasteiger partial charge in [-0.05, 0) is 42.3 Å². The maximum absolute atomic E-state index is 12.9. The van der Waals surface area contributed by atoms with Gasteiger partial charge in [0.2, 0.25) is 5.91 Å². The van der Waals surface area contributed by atoms with E-state index in [9.17, 15) is 4.79 Å². The molecule has 2 aromatic rings. The second kappa shape index (κ2) is 8.30. The highest BCUT2D eigenvalue weighted by Gasteiger charge is 2.34. The molecule has 3 unspecified atom stereocenters. The Labute approximate surface area is 163 Å². The van der Waals surface area contributed by atoms with E-state index in [0.29, 0.717) is 16.6 Å². The number of carbonyl (C=O) groups excluding carboxylic acids is 1. The highest BCUT2D eigenvalue weighted by molar-refractivity contribution is 6.42. The molecule has 0 aliphatic carbocycles. The molecule has 138 valence electrons. The second-order valence-electron chi connectivity index (χ2n) is 6.55. The molecular weight excluding hydrogens is 371 g/mol. The molecule has 26 heavy (non-hydrogen) atoms. The quantitative estimate of drug-likeness (QED) is 0.801. The highest BCUT2D eigenvalue weighted by atomic mass is 35.5. The summed E-state index contributed by atoms with van der Waals surface area (Å²) < 4.78 is 5.26. The van der Waals surface area contributed by atoms with E-state index in [1.54, 1.807) is 13.2 Å². The molecule has 1 heterocycles. The third-order valence-electron chi connectivity index (χ3n) is 4.88. The molecule has 3 rings (SSSR count). The Morgan fingerprint density at radius 1 is 1.19 bits per heavy atom. The van der Waals surface area contributed by atoms with Crippen LogP contribution in [0, 0.1) is 5.92 Å². The number of carbonyl (C=O) groups is 1. The summed E-state index contributed by atoms with van der Waals surface area (Å²) in [6, 6.07) is 13.2. The summed E-state index contributed by atoms with van der Waals surface area (Å²) in [5.74, 6) is 0.726. The number of benzene rings is 2. The monoisotopic (exact) mass is 392 g/mol. The number of methoxy groups -OCH3 is 1. The zero-order valence-corrected chi connectivity index (χ0v) is 16.3. The summed E-state index contributed by atoms with van der Waals surface area (Å²) in [5, 5.41) is 7.47. The van der Waals surface area contributed by atoms with Gasteiger partial charge >= 0.3 is 0 Å². The van der Waals surface area contributed by atoms with Gasteiger partial charge in [-0.2, -0.15) is 0 Å². The molecule has 0 saturated carbocycles. The van der Waals surface area contributed by atoms with Crippen LogP contribution in [-0.4, -0.2) is 26.1 Å². The maximum Gasteiger partial charge on any atom is 0.225 e. The van der Waals surface area contributed by atoms with Gasteiger partial charge in [-0.25, -0.2) is 0 Å². The van der Waals surface area contributed by atoms with Crippen molar-refractivity contribution < 1.29 is 9.53 Å². The summed E-state index contributed by atoms with van der Waals surface area (Å²) in [6.07, 6.45) is 0. The van der Waals surface area contributed by atoms with E-state index >= 15 is 0 Å². The van der Waals surface area contributed by atoms with Gasteiger partial charge in [0.05, 0.1) is 29.1 Å². The SMILES string of the molecule is COc1cccc(C(C)NC(=O)C2CNCC2c2ccc(Cl)c(Cl)c2)c1. The predicted molar refractivity (Wildman–Crippen MR) is 105 cm³/mol. The molecule has 2 N–H and O–H groups in total. The fraction of sp³-hybridized carbons (Fsp3) is 0.350. The first-order valence-electron chi connectivity index (χ1n) is 8.59. The molecule has 1 saturated heterocycles. The molecule has 0 bridgehead atoms. The number of hydrogen-bond acceptors (Lipinski definition) is 3. The highest BCUT2D eigenvalue weighted by Crippen LogP contribution is 2.33. The van der Waals surface area contributed by atoms with E-state index in [2.05, 4.69) is 10.6 Å². The summed E-state index contributed by atoms with van der Waals surface area (Å²) in [5.41, 5.74) is 2.04. The smallest absolute Gasteiger partial charge is 0.225 e. The molecule has 0 aromatic heterocycles. The third-order valence-corrected chi connectivity index (χ3v) is 5.61. The number of halogens is 2. The normalized spacial score (nSPS) is 20.6. The Hall–Kier alpha value is -1.75. The zero-order valence-electron chi connectivity index (χ0n) is 14.8. The van der Waals surface area contributed by atoms with Gasteiger partial charge in [0.15, 0.2) is 0 Å². The van der Waals surface area contributed by atoms with E-state index in [1.165, 1.54) is 0 Å². The molecule has 1 fully saturated rings. The molecule has 1 aliphatic rings. The van der Waals surface area contributed by atoms with E-state index in [1.807, 2.05) is 43.3 Å². The maximum atomic E-state index is 12.9. The van der Waals surface area contributed by atoms with Crippen molar-refractivity contribution in [2.45, 2.75) is 18.9 Å². The lowest BCUT2D eigenvalue weighted by molar-refractivity contribution is -0.125. The van der Waals surface area contributed by atoms with Gasteiger partial charge in [0.25, 0.3) is 0 Å². The third kappa shape index (κ3) is 4.14. The minimum atomic E-state index is -0.153. The van der Waals surface area contributed by atoms with Gasteiger partial charge in [-0.3, -0.25) is 4.79 Å². The Kier molecular flexibility index (Phi) is 6.07. The van der Waals surface area contributed by atoms with Crippen LogP contribution < -0.4 is 15.4 Å². The zero-order chi connectivity index (χ0) is 18.7. The molecule has 6 heteroatoms. The van der Waals surface area contributed by atoms with Gasteiger partial charge in [-0.1, -0.05) is 41.4 Å². The van der Waals surface area contributed by atoms with Crippen molar-refractivity contribution in [3.05, 3.63) is 63.6 Å². The molecule has 1 amide bonds. The summed E-state index contributed by atoms with van der Waals surface area (Å²) >= 11 is 12.2. The lowest BCUT2D eigenvalue weighted by atomic mass is 9.88. The number of ether oxygens (including phenoxy) is 1. The first kappa shape index (κ1) is 19.0. The van der Waals surface area contributed by atoms with E-state index in [-0.39, 0.29) is 23.8 Å². The molecule has 3 atom stereocenters. The van der Waals surface area contributed by atoms with Crippen LogP contribution in [0.1, 0.15) is 30.0 Å².